The van der Waals surface area contributed by atoms with E-state index in [1.165, 1.54) is 0 Å². The van der Waals surface area contributed by atoms with Crippen LogP contribution < -0.4 is 0 Å². The van der Waals surface area contributed by atoms with Gasteiger partial charge in [0.15, 0.2) is 0 Å². The standard InChI is InChI=1S/C6H7BrO2/c7-2-5-3-1-4(3)6(8)9-5/h3-5H,1-2H2/t3-,4+,5+/m0/s1. The number of hydrogen-bond donors (Lipinski definition) is 0. The summed E-state index contributed by atoms with van der Waals surface area (Å²) in [6, 6.07) is 0. The lowest BCUT2D eigenvalue weighted by Crippen LogP contribution is -2.13. The minimum Gasteiger partial charge on any atom is -0.461 e. The van der Waals surface area contributed by atoms with Gasteiger partial charge in [-0.15, -0.1) is 0 Å². The predicted octanol–water partition coefficient (Wildman–Crippen LogP) is 0.943. The number of carbonyl (C=O) groups excluding carboxylic acids is 1. The second kappa shape index (κ2) is 1.72. The van der Waals surface area contributed by atoms with Crippen molar-refractivity contribution in [2.75, 3.05) is 5.33 Å². The van der Waals surface area contributed by atoms with Gasteiger partial charge in [-0.05, 0) is 6.42 Å². The Hall–Kier alpha value is -0.0500. The fourth-order valence-corrected chi connectivity index (χ4v) is 1.98. The number of halogens is 1. The van der Waals surface area contributed by atoms with Gasteiger partial charge in [0.05, 0.1) is 5.92 Å². The van der Waals surface area contributed by atoms with E-state index < -0.39 is 0 Å². The van der Waals surface area contributed by atoms with Crippen molar-refractivity contribution in [2.45, 2.75) is 12.5 Å². The smallest absolute Gasteiger partial charge is 0.309 e. The first-order valence-electron chi connectivity index (χ1n) is 3.09. The fraction of sp³-hybridized carbons (Fsp3) is 0.833. The van der Waals surface area contributed by atoms with Crippen LogP contribution in [0.3, 0.4) is 0 Å². The van der Waals surface area contributed by atoms with E-state index in [4.69, 9.17) is 4.74 Å². The van der Waals surface area contributed by atoms with Crippen molar-refractivity contribution in [3.05, 3.63) is 0 Å². The topological polar surface area (TPSA) is 26.3 Å². The Morgan fingerprint density at radius 3 is 2.78 bits per heavy atom. The summed E-state index contributed by atoms with van der Waals surface area (Å²) in [5, 5.41) is 0.805. The molecule has 3 atom stereocenters. The summed E-state index contributed by atoms with van der Waals surface area (Å²) in [5.41, 5.74) is 0. The Bertz CT molecular complexity index is 157. The Labute approximate surface area is 61.7 Å². The highest BCUT2D eigenvalue weighted by atomic mass is 79.9. The number of rotatable bonds is 1. The molecule has 9 heavy (non-hydrogen) atoms. The number of esters is 1. The summed E-state index contributed by atoms with van der Waals surface area (Å²) < 4.78 is 4.99. The van der Waals surface area contributed by atoms with E-state index in [0.29, 0.717) is 5.92 Å². The molecule has 2 fully saturated rings. The second-order valence-electron chi connectivity index (χ2n) is 2.64. The van der Waals surface area contributed by atoms with Crippen molar-refractivity contribution in [1.82, 2.24) is 0 Å². The second-order valence-corrected chi connectivity index (χ2v) is 3.28. The molecule has 2 nitrogen and oxygen atoms in total. The zero-order chi connectivity index (χ0) is 6.43. The lowest BCUT2D eigenvalue weighted by atomic mass is 10.2. The van der Waals surface area contributed by atoms with E-state index in [-0.39, 0.29) is 18.0 Å². The molecule has 0 spiro atoms. The van der Waals surface area contributed by atoms with E-state index in [9.17, 15) is 4.79 Å². The normalized spacial score (nSPS) is 46.3. The van der Waals surface area contributed by atoms with E-state index >= 15 is 0 Å². The molecule has 2 rings (SSSR count). The molecule has 0 amide bonds. The molecule has 0 N–H and O–H groups in total. The van der Waals surface area contributed by atoms with Crippen molar-refractivity contribution in [3.8, 4) is 0 Å². The first-order valence-corrected chi connectivity index (χ1v) is 4.21. The van der Waals surface area contributed by atoms with Crippen LogP contribution in [-0.4, -0.2) is 17.4 Å². The van der Waals surface area contributed by atoms with Gasteiger partial charge in [0.2, 0.25) is 0 Å². The predicted molar refractivity (Wildman–Crippen MR) is 35.3 cm³/mol. The maximum atomic E-state index is 10.7. The minimum atomic E-state index is 0.0180. The lowest BCUT2D eigenvalue weighted by molar-refractivity contribution is -0.144. The molecule has 1 aliphatic heterocycles. The highest BCUT2D eigenvalue weighted by Crippen LogP contribution is 2.49. The Balaban J connectivity index is 2.08. The van der Waals surface area contributed by atoms with Gasteiger partial charge in [-0.1, -0.05) is 15.9 Å². The quantitative estimate of drug-likeness (QED) is 0.455. The number of cyclic esters (lactones) is 1. The molecular formula is C6H7BrO2. The fourth-order valence-electron chi connectivity index (χ4n) is 1.37. The lowest BCUT2D eigenvalue weighted by Gasteiger charge is -2.06. The summed E-state index contributed by atoms with van der Waals surface area (Å²) in [4.78, 5) is 10.7. The molecule has 1 saturated carbocycles. The minimum absolute atomic E-state index is 0.0180. The molecule has 1 saturated heterocycles. The monoisotopic (exact) mass is 190 g/mol. The first kappa shape index (κ1) is 5.71. The van der Waals surface area contributed by atoms with Crippen LogP contribution in [0.2, 0.25) is 0 Å². The molecule has 1 aliphatic carbocycles. The van der Waals surface area contributed by atoms with Crippen LogP contribution in [0.15, 0.2) is 0 Å². The Kier molecular flexibility index (Phi) is 1.09. The maximum absolute atomic E-state index is 10.7. The molecular weight excluding hydrogens is 184 g/mol. The average Bonchev–Trinajstić information content (AvgIpc) is 2.56. The Morgan fingerprint density at radius 2 is 2.56 bits per heavy atom. The summed E-state index contributed by atoms with van der Waals surface area (Å²) in [6.07, 6.45) is 1.25. The SMILES string of the molecule is O=C1O[C@H](CBr)[C@H]2C[C@@H]12. The molecule has 0 aromatic heterocycles. The van der Waals surface area contributed by atoms with E-state index in [1.807, 2.05) is 0 Å². The van der Waals surface area contributed by atoms with E-state index in [1.54, 1.807) is 0 Å². The van der Waals surface area contributed by atoms with Crippen molar-refractivity contribution in [3.63, 3.8) is 0 Å². The summed E-state index contributed by atoms with van der Waals surface area (Å²) in [5.74, 6) is 0.842. The maximum Gasteiger partial charge on any atom is 0.309 e. The highest BCUT2D eigenvalue weighted by molar-refractivity contribution is 9.09. The number of alkyl halides is 1. The third kappa shape index (κ3) is 0.707. The number of carbonyl (C=O) groups is 1. The molecule has 50 valence electrons. The number of ether oxygens (including phenoxy) is 1. The van der Waals surface area contributed by atoms with Crippen molar-refractivity contribution >= 4 is 21.9 Å². The van der Waals surface area contributed by atoms with Crippen LogP contribution in [0.4, 0.5) is 0 Å². The average molecular weight is 191 g/mol. The van der Waals surface area contributed by atoms with Crippen molar-refractivity contribution in [2.24, 2.45) is 11.8 Å². The summed E-state index contributed by atoms with van der Waals surface area (Å²) in [6.45, 7) is 0. The van der Waals surface area contributed by atoms with Crippen LogP contribution in [0.5, 0.6) is 0 Å². The molecule has 0 aromatic carbocycles. The third-order valence-electron chi connectivity index (χ3n) is 2.04. The van der Waals surface area contributed by atoms with Crippen molar-refractivity contribution < 1.29 is 9.53 Å². The zero-order valence-electron chi connectivity index (χ0n) is 4.84. The van der Waals surface area contributed by atoms with Gasteiger partial charge in [0, 0.05) is 11.2 Å². The first-order chi connectivity index (χ1) is 4.33. The van der Waals surface area contributed by atoms with Gasteiger partial charge in [0.1, 0.15) is 6.10 Å². The van der Waals surface area contributed by atoms with Crippen LogP contribution in [-0.2, 0) is 9.53 Å². The van der Waals surface area contributed by atoms with E-state index in [2.05, 4.69) is 15.9 Å². The largest absolute Gasteiger partial charge is 0.461 e. The summed E-state index contributed by atoms with van der Waals surface area (Å²) >= 11 is 3.29. The van der Waals surface area contributed by atoms with Crippen LogP contribution in [0.1, 0.15) is 6.42 Å². The third-order valence-corrected chi connectivity index (χ3v) is 2.68. The van der Waals surface area contributed by atoms with Gasteiger partial charge in [-0.25, -0.2) is 0 Å². The van der Waals surface area contributed by atoms with Crippen LogP contribution in [0, 0.1) is 11.8 Å². The molecule has 1 heterocycles. The number of fused-ring (bicyclic) bond motifs is 1. The van der Waals surface area contributed by atoms with Crippen LogP contribution >= 0.6 is 15.9 Å². The molecule has 0 aromatic rings. The number of hydrogen-bond acceptors (Lipinski definition) is 2. The highest BCUT2D eigenvalue weighted by Gasteiger charge is 2.56. The summed E-state index contributed by atoms with van der Waals surface area (Å²) in [7, 11) is 0. The molecule has 3 heteroatoms. The van der Waals surface area contributed by atoms with Gasteiger partial charge in [-0.2, -0.15) is 0 Å². The van der Waals surface area contributed by atoms with Crippen LogP contribution in [0.25, 0.3) is 0 Å². The van der Waals surface area contributed by atoms with Gasteiger partial charge in [-0.3, -0.25) is 4.79 Å². The van der Waals surface area contributed by atoms with Gasteiger partial charge < -0.3 is 4.74 Å². The molecule has 2 aliphatic rings. The zero-order valence-corrected chi connectivity index (χ0v) is 6.43. The molecule has 0 radical (unpaired) electrons. The molecule has 0 bridgehead atoms. The Morgan fingerprint density at radius 1 is 1.78 bits per heavy atom. The van der Waals surface area contributed by atoms with Gasteiger partial charge >= 0.3 is 5.97 Å². The molecule has 0 unspecified atom stereocenters. The van der Waals surface area contributed by atoms with E-state index in [0.717, 1.165) is 11.8 Å². The van der Waals surface area contributed by atoms with Gasteiger partial charge in [0.25, 0.3) is 0 Å². The van der Waals surface area contributed by atoms with Crippen molar-refractivity contribution in [1.29, 1.82) is 0 Å².